The summed E-state index contributed by atoms with van der Waals surface area (Å²) in [4.78, 5) is 0. The molecule has 0 saturated carbocycles. The van der Waals surface area contributed by atoms with Crippen molar-refractivity contribution in [3.8, 4) is 5.75 Å². The predicted molar refractivity (Wildman–Crippen MR) is 73.4 cm³/mol. The van der Waals surface area contributed by atoms with E-state index in [0.29, 0.717) is 18.9 Å². The molecule has 1 aliphatic rings. The van der Waals surface area contributed by atoms with E-state index in [0.717, 1.165) is 31.6 Å². The zero-order chi connectivity index (χ0) is 15.3. The van der Waals surface area contributed by atoms with Gasteiger partial charge in [0.15, 0.2) is 0 Å². The number of rotatable bonds is 6. The molecule has 0 radical (unpaired) electrons. The van der Waals surface area contributed by atoms with E-state index in [1.54, 1.807) is 0 Å². The number of hydrogen-bond acceptors (Lipinski definition) is 3. The van der Waals surface area contributed by atoms with Crippen LogP contribution in [0, 0.1) is 0 Å². The summed E-state index contributed by atoms with van der Waals surface area (Å²) in [5.74, 6) is 0.439. The van der Waals surface area contributed by atoms with Gasteiger partial charge in [0, 0.05) is 19.2 Å². The number of alkyl halides is 3. The first-order valence-corrected chi connectivity index (χ1v) is 7.12. The van der Waals surface area contributed by atoms with Gasteiger partial charge in [-0.1, -0.05) is 0 Å². The zero-order valence-electron chi connectivity index (χ0n) is 12.0. The normalized spacial score (nSPS) is 20.5. The van der Waals surface area contributed by atoms with Crippen LogP contribution in [0.15, 0.2) is 24.3 Å². The first-order chi connectivity index (χ1) is 9.97. The number of halogens is 3. The number of benzene rings is 1. The number of nitrogens with one attached hydrogen (secondary N) is 1. The Labute approximate surface area is 122 Å². The van der Waals surface area contributed by atoms with Crippen molar-refractivity contribution < 1.29 is 22.6 Å². The highest BCUT2D eigenvalue weighted by atomic mass is 19.4. The second-order valence-corrected chi connectivity index (χ2v) is 5.16. The van der Waals surface area contributed by atoms with Gasteiger partial charge in [0.1, 0.15) is 12.4 Å². The molecule has 2 rings (SSSR count). The van der Waals surface area contributed by atoms with Gasteiger partial charge in [-0.05, 0) is 44.0 Å². The third-order valence-electron chi connectivity index (χ3n) is 3.54. The molecule has 0 spiro atoms. The van der Waals surface area contributed by atoms with Crippen molar-refractivity contribution in [2.45, 2.75) is 38.1 Å². The van der Waals surface area contributed by atoms with Gasteiger partial charge >= 0.3 is 6.18 Å². The van der Waals surface area contributed by atoms with Gasteiger partial charge in [0.2, 0.25) is 0 Å². The molecule has 1 aromatic rings. The van der Waals surface area contributed by atoms with Crippen molar-refractivity contribution in [2.24, 2.45) is 0 Å². The minimum Gasteiger partial charge on any atom is -0.492 e. The van der Waals surface area contributed by atoms with Crippen molar-refractivity contribution in [3.05, 3.63) is 29.8 Å². The summed E-state index contributed by atoms with van der Waals surface area (Å²) in [6.07, 6.45) is -1.90. The van der Waals surface area contributed by atoms with E-state index in [4.69, 9.17) is 9.47 Å². The minimum absolute atomic E-state index is 0.246. The van der Waals surface area contributed by atoms with Crippen LogP contribution in [0.2, 0.25) is 0 Å². The molecule has 1 heterocycles. The lowest BCUT2D eigenvalue weighted by atomic mass is 10.1. The van der Waals surface area contributed by atoms with Crippen molar-refractivity contribution in [3.63, 3.8) is 0 Å². The molecule has 6 heteroatoms. The number of ether oxygens (including phenoxy) is 2. The Morgan fingerprint density at radius 1 is 1.33 bits per heavy atom. The maximum atomic E-state index is 12.4. The highest BCUT2D eigenvalue weighted by Crippen LogP contribution is 2.30. The lowest BCUT2D eigenvalue weighted by Crippen LogP contribution is -2.39. The molecule has 0 aromatic heterocycles. The van der Waals surface area contributed by atoms with Crippen LogP contribution < -0.4 is 10.1 Å². The van der Waals surface area contributed by atoms with Crippen molar-refractivity contribution in [1.82, 2.24) is 5.32 Å². The van der Waals surface area contributed by atoms with E-state index < -0.39 is 11.7 Å². The highest BCUT2D eigenvalue weighted by molar-refractivity contribution is 5.28. The van der Waals surface area contributed by atoms with Gasteiger partial charge in [-0.2, -0.15) is 13.2 Å². The molecule has 0 amide bonds. The van der Waals surface area contributed by atoms with Crippen LogP contribution in [0.1, 0.15) is 25.3 Å². The molecule has 1 N–H and O–H groups in total. The van der Waals surface area contributed by atoms with E-state index in [1.807, 2.05) is 0 Å². The van der Waals surface area contributed by atoms with Crippen LogP contribution in [0.4, 0.5) is 13.2 Å². The Bertz CT molecular complexity index is 428. The number of hydrogen-bond donors (Lipinski definition) is 1. The van der Waals surface area contributed by atoms with Gasteiger partial charge in [0.25, 0.3) is 0 Å². The fourth-order valence-electron chi connectivity index (χ4n) is 2.32. The molecule has 1 saturated heterocycles. The van der Waals surface area contributed by atoms with Crippen LogP contribution in [0.3, 0.4) is 0 Å². The van der Waals surface area contributed by atoms with Crippen LogP contribution in [0.5, 0.6) is 5.75 Å². The van der Waals surface area contributed by atoms with Crippen LogP contribution in [-0.2, 0) is 10.9 Å². The third-order valence-corrected chi connectivity index (χ3v) is 3.54. The summed E-state index contributed by atoms with van der Waals surface area (Å²) in [7, 11) is 0. The summed E-state index contributed by atoms with van der Waals surface area (Å²) in [5, 5.41) is 3.30. The summed E-state index contributed by atoms with van der Waals surface area (Å²) in [6, 6.07) is 4.98. The van der Waals surface area contributed by atoms with Crippen LogP contribution in [-0.4, -0.2) is 31.9 Å². The molecule has 21 heavy (non-hydrogen) atoms. The SMILES string of the molecule is CC(NCCOc1ccc(C(F)(F)F)cc1)C1CCCO1. The lowest BCUT2D eigenvalue weighted by Gasteiger charge is -2.20. The van der Waals surface area contributed by atoms with Gasteiger partial charge in [-0.15, -0.1) is 0 Å². The first-order valence-electron chi connectivity index (χ1n) is 7.12. The average molecular weight is 303 g/mol. The Morgan fingerprint density at radius 3 is 2.62 bits per heavy atom. The van der Waals surface area contributed by atoms with Crippen molar-refractivity contribution >= 4 is 0 Å². The smallest absolute Gasteiger partial charge is 0.416 e. The molecular weight excluding hydrogens is 283 g/mol. The second kappa shape index (κ2) is 7.13. The Kier molecular flexibility index (Phi) is 5.47. The standard InChI is InChI=1S/C15H20F3NO2/c1-11(14-3-2-9-21-14)19-8-10-20-13-6-4-12(5-7-13)15(16,17)18/h4-7,11,14,19H,2-3,8-10H2,1H3. The maximum absolute atomic E-state index is 12.4. The molecule has 0 bridgehead atoms. The molecule has 1 aliphatic heterocycles. The zero-order valence-corrected chi connectivity index (χ0v) is 12.0. The van der Waals surface area contributed by atoms with Gasteiger partial charge in [-0.3, -0.25) is 0 Å². The highest BCUT2D eigenvalue weighted by Gasteiger charge is 2.30. The quantitative estimate of drug-likeness (QED) is 0.818. The van der Waals surface area contributed by atoms with E-state index in [2.05, 4.69) is 12.2 Å². The molecular formula is C15H20F3NO2. The summed E-state index contributed by atoms with van der Waals surface area (Å²) in [6.45, 7) is 3.91. The molecule has 3 nitrogen and oxygen atoms in total. The van der Waals surface area contributed by atoms with E-state index in [-0.39, 0.29) is 12.1 Å². The second-order valence-electron chi connectivity index (χ2n) is 5.16. The van der Waals surface area contributed by atoms with E-state index in [9.17, 15) is 13.2 Å². The molecule has 2 atom stereocenters. The molecule has 1 aromatic carbocycles. The van der Waals surface area contributed by atoms with Gasteiger partial charge in [-0.25, -0.2) is 0 Å². The van der Waals surface area contributed by atoms with Crippen molar-refractivity contribution in [1.29, 1.82) is 0 Å². The van der Waals surface area contributed by atoms with Crippen LogP contribution in [0.25, 0.3) is 0 Å². The molecule has 1 fully saturated rings. The monoisotopic (exact) mass is 303 g/mol. The van der Waals surface area contributed by atoms with E-state index >= 15 is 0 Å². The van der Waals surface area contributed by atoms with Gasteiger partial charge in [0.05, 0.1) is 11.7 Å². The Morgan fingerprint density at radius 2 is 2.05 bits per heavy atom. The minimum atomic E-state index is -4.31. The summed E-state index contributed by atoms with van der Waals surface area (Å²) in [5.41, 5.74) is -0.667. The largest absolute Gasteiger partial charge is 0.492 e. The average Bonchev–Trinajstić information content (AvgIpc) is 2.97. The topological polar surface area (TPSA) is 30.5 Å². The summed E-state index contributed by atoms with van der Waals surface area (Å²) >= 11 is 0. The maximum Gasteiger partial charge on any atom is 0.416 e. The fraction of sp³-hybridized carbons (Fsp3) is 0.600. The predicted octanol–water partition coefficient (Wildman–Crippen LogP) is 3.24. The third kappa shape index (κ3) is 4.89. The van der Waals surface area contributed by atoms with Crippen LogP contribution >= 0.6 is 0 Å². The fourth-order valence-corrected chi connectivity index (χ4v) is 2.32. The molecule has 2 unspecified atom stereocenters. The Hall–Kier alpha value is -1.27. The summed E-state index contributed by atoms with van der Waals surface area (Å²) < 4.78 is 48.2. The Balaban J connectivity index is 1.68. The van der Waals surface area contributed by atoms with Crippen molar-refractivity contribution in [2.75, 3.05) is 19.8 Å². The molecule has 118 valence electrons. The first kappa shape index (κ1) is 16.1. The molecule has 0 aliphatic carbocycles. The van der Waals surface area contributed by atoms with Gasteiger partial charge < -0.3 is 14.8 Å². The lowest BCUT2D eigenvalue weighted by molar-refractivity contribution is -0.137. The van der Waals surface area contributed by atoms with E-state index in [1.165, 1.54) is 12.1 Å².